The van der Waals surface area contributed by atoms with Crippen molar-refractivity contribution in [3.63, 3.8) is 0 Å². The summed E-state index contributed by atoms with van der Waals surface area (Å²) in [5, 5.41) is 3.48. The second-order valence-electron chi connectivity index (χ2n) is 7.99. The van der Waals surface area contributed by atoms with Gasteiger partial charge in [-0.1, -0.05) is 65.7 Å². The van der Waals surface area contributed by atoms with Crippen molar-refractivity contribution in [2.75, 3.05) is 17.4 Å². The third-order valence-electron chi connectivity index (χ3n) is 5.53. The molecule has 0 saturated carbocycles. The molecule has 2 amide bonds. The first-order valence-electron chi connectivity index (χ1n) is 11.3. The number of amides is 2. The number of hydrogen-bond donors (Lipinski definition) is 1. The first-order chi connectivity index (χ1) is 17.1. The summed E-state index contributed by atoms with van der Waals surface area (Å²) in [6, 6.07) is 20.2. The second-order valence-corrected chi connectivity index (χ2v) is 10.7. The first kappa shape index (κ1) is 27.5. The Morgan fingerprint density at radius 1 is 0.944 bits per heavy atom. The van der Waals surface area contributed by atoms with Crippen molar-refractivity contribution >= 4 is 50.7 Å². The summed E-state index contributed by atoms with van der Waals surface area (Å²) in [6.07, 6.45) is 0. The molecule has 0 aliphatic heterocycles. The fourth-order valence-corrected chi connectivity index (χ4v) is 5.48. The van der Waals surface area contributed by atoms with E-state index in [4.69, 9.17) is 23.2 Å². The normalized spacial score (nSPS) is 12.0. The summed E-state index contributed by atoms with van der Waals surface area (Å²) in [5.74, 6) is -0.934. The molecule has 1 atom stereocenters. The zero-order valence-corrected chi connectivity index (χ0v) is 22.2. The molecule has 0 aliphatic rings. The minimum absolute atomic E-state index is 0.0127. The smallest absolute Gasteiger partial charge is 0.264 e. The molecule has 190 valence electrons. The van der Waals surface area contributed by atoms with Crippen LogP contribution in [0.1, 0.15) is 19.4 Å². The highest BCUT2D eigenvalue weighted by atomic mass is 35.5. The number of anilines is 1. The lowest BCUT2D eigenvalue weighted by Gasteiger charge is -2.32. The van der Waals surface area contributed by atoms with Crippen LogP contribution in [0.4, 0.5) is 5.69 Å². The van der Waals surface area contributed by atoms with Crippen LogP contribution in [0.2, 0.25) is 10.0 Å². The van der Waals surface area contributed by atoms with Gasteiger partial charge >= 0.3 is 0 Å². The van der Waals surface area contributed by atoms with E-state index in [0.717, 1.165) is 4.31 Å². The number of benzene rings is 3. The molecule has 0 spiro atoms. The lowest BCUT2D eigenvalue weighted by molar-refractivity contribution is -0.139. The Kier molecular flexibility index (Phi) is 9.37. The van der Waals surface area contributed by atoms with Crippen molar-refractivity contribution < 1.29 is 18.0 Å². The summed E-state index contributed by atoms with van der Waals surface area (Å²) < 4.78 is 28.2. The Bertz CT molecular complexity index is 1310. The molecule has 7 nitrogen and oxygen atoms in total. The van der Waals surface area contributed by atoms with Crippen molar-refractivity contribution in [3.8, 4) is 0 Å². The molecule has 1 N–H and O–H groups in total. The van der Waals surface area contributed by atoms with Gasteiger partial charge < -0.3 is 10.2 Å². The Labute approximate surface area is 221 Å². The Morgan fingerprint density at radius 2 is 1.56 bits per heavy atom. The molecule has 0 fully saturated rings. The van der Waals surface area contributed by atoms with Crippen LogP contribution in [0.25, 0.3) is 0 Å². The van der Waals surface area contributed by atoms with E-state index in [0.29, 0.717) is 27.8 Å². The highest BCUT2D eigenvalue weighted by molar-refractivity contribution is 7.92. The topological polar surface area (TPSA) is 86.8 Å². The molecular formula is C26H27Cl2N3O4S. The lowest BCUT2D eigenvalue weighted by atomic mass is 10.1. The lowest BCUT2D eigenvalue weighted by Crippen LogP contribution is -2.51. The van der Waals surface area contributed by atoms with Gasteiger partial charge in [-0.15, -0.1) is 0 Å². The van der Waals surface area contributed by atoms with Gasteiger partial charge in [-0.25, -0.2) is 8.42 Å². The Hall–Kier alpha value is -3.07. The monoisotopic (exact) mass is 547 g/mol. The third-order valence-corrected chi connectivity index (χ3v) is 7.90. The number of para-hydroxylation sites is 1. The standard InChI is InChI=1S/C26H27Cl2N3O4S/c1-3-29-26(33)19(2)30(17-20-14-15-21(27)16-24(20)28)25(32)18-31(22-10-6-4-7-11-22)36(34,35)23-12-8-5-9-13-23/h4-16,19H,3,17-18H2,1-2H3,(H,29,33)/t19-/m0/s1. The van der Waals surface area contributed by atoms with E-state index in [1.54, 1.807) is 80.6 Å². The van der Waals surface area contributed by atoms with Crippen LogP contribution in [0.15, 0.2) is 83.8 Å². The minimum Gasteiger partial charge on any atom is -0.355 e. The number of carbonyl (C=O) groups excluding carboxylic acids is 2. The molecule has 0 radical (unpaired) electrons. The average molecular weight is 548 g/mol. The second kappa shape index (κ2) is 12.3. The predicted molar refractivity (Wildman–Crippen MR) is 143 cm³/mol. The summed E-state index contributed by atoms with van der Waals surface area (Å²) >= 11 is 12.4. The fourth-order valence-electron chi connectivity index (χ4n) is 3.58. The molecule has 0 aromatic heterocycles. The summed E-state index contributed by atoms with van der Waals surface area (Å²) in [5.41, 5.74) is 0.896. The number of nitrogens with zero attached hydrogens (tertiary/aromatic N) is 2. The van der Waals surface area contributed by atoms with Gasteiger partial charge in [-0.3, -0.25) is 13.9 Å². The van der Waals surface area contributed by atoms with Crippen LogP contribution in [-0.4, -0.2) is 44.3 Å². The molecule has 36 heavy (non-hydrogen) atoms. The SMILES string of the molecule is CCNC(=O)[C@H](C)N(Cc1ccc(Cl)cc1Cl)C(=O)CN(c1ccccc1)S(=O)(=O)c1ccccc1. The van der Waals surface area contributed by atoms with Gasteiger partial charge in [0.25, 0.3) is 10.0 Å². The largest absolute Gasteiger partial charge is 0.355 e. The van der Waals surface area contributed by atoms with Gasteiger partial charge in [0.15, 0.2) is 0 Å². The van der Waals surface area contributed by atoms with E-state index in [9.17, 15) is 18.0 Å². The zero-order valence-electron chi connectivity index (χ0n) is 19.9. The number of carbonyl (C=O) groups is 2. The molecule has 0 unspecified atom stereocenters. The zero-order chi connectivity index (χ0) is 26.3. The molecular weight excluding hydrogens is 521 g/mol. The third kappa shape index (κ3) is 6.57. The maximum absolute atomic E-state index is 13.7. The number of rotatable bonds is 10. The highest BCUT2D eigenvalue weighted by Crippen LogP contribution is 2.26. The number of likely N-dealkylation sites (N-methyl/N-ethyl adjacent to an activating group) is 1. The van der Waals surface area contributed by atoms with Crippen molar-refractivity contribution in [2.24, 2.45) is 0 Å². The van der Waals surface area contributed by atoms with Crippen molar-refractivity contribution in [2.45, 2.75) is 31.3 Å². The summed E-state index contributed by atoms with van der Waals surface area (Å²) in [4.78, 5) is 27.8. The van der Waals surface area contributed by atoms with Gasteiger partial charge in [0.05, 0.1) is 10.6 Å². The highest BCUT2D eigenvalue weighted by Gasteiger charge is 2.32. The van der Waals surface area contributed by atoms with Crippen molar-refractivity contribution in [1.82, 2.24) is 10.2 Å². The molecule has 3 aromatic carbocycles. The van der Waals surface area contributed by atoms with Gasteiger partial charge in [0.2, 0.25) is 11.8 Å². The maximum Gasteiger partial charge on any atom is 0.264 e. The van der Waals surface area contributed by atoms with Gasteiger partial charge in [0.1, 0.15) is 12.6 Å². The van der Waals surface area contributed by atoms with Crippen LogP contribution in [0.5, 0.6) is 0 Å². The molecule has 3 aromatic rings. The molecule has 10 heteroatoms. The van der Waals surface area contributed by atoms with Crippen molar-refractivity contribution in [1.29, 1.82) is 0 Å². The number of hydrogen-bond acceptors (Lipinski definition) is 4. The number of halogens is 2. The quantitative estimate of drug-likeness (QED) is 0.397. The predicted octanol–water partition coefficient (Wildman–Crippen LogP) is 4.74. The van der Waals surface area contributed by atoms with Gasteiger partial charge in [-0.2, -0.15) is 0 Å². The Morgan fingerprint density at radius 3 is 2.14 bits per heavy atom. The van der Waals surface area contributed by atoms with Gasteiger partial charge in [-0.05, 0) is 55.8 Å². The molecule has 3 rings (SSSR count). The molecule has 0 heterocycles. The number of sulfonamides is 1. The number of nitrogens with one attached hydrogen (secondary N) is 1. The summed E-state index contributed by atoms with van der Waals surface area (Å²) in [6.45, 7) is 3.21. The average Bonchev–Trinajstić information content (AvgIpc) is 2.87. The van der Waals surface area contributed by atoms with Crippen LogP contribution >= 0.6 is 23.2 Å². The van der Waals surface area contributed by atoms with E-state index in [1.807, 2.05) is 0 Å². The van der Waals surface area contributed by atoms with Crippen LogP contribution < -0.4 is 9.62 Å². The first-order valence-corrected chi connectivity index (χ1v) is 13.5. The van der Waals surface area contributed by atoms with Crippen molar-refractivity contribution in [3.05, 3.63) is 94.5 Å². The Balaban J connectivity index is 2.01. The van der Waals surface area contributed by atoms with E-state index in [2.05, 4.69) is 5.32 Å². The minimum atomic E-state index is -4.08. The molecule has 0 aliphatic carbocycles. The maximum atomic E-state index is 13.7. The van der Waals surface area contributed by atoms with E-state index in [1.165, 1.54) is 17.0 Å². The van der Waals surface area contributed by atoms with E-state index < -0.39 is 28.5 Å². The van der Waals surface area contributed by atoms with Gasteiger partial charge in [0, 0.05) is 23.1 Å². The molecule has 0 bridgehead atoms. The van der Waals surface area contributed by atoms with E-state index in [-0.39, 0.29) is 17.3 Å². The van der Waals surface area contributed by atoms with Crippen LogP contribution in [0.3, 0.4) is 0 Å². The summed E-state index contributed by atoms with van der Waals surface area (Å²) in [7, 11) is -4.08. The van der Waals surface area contributed by atoms with Crippen LogP contribution in [0, 0.1) is 0 Å². The fraction of sp³-hybridized carbons (Fsp3) is 0.231. The molecule has 0 saturated heterocycles. The van der Waals surface area contributed by atoms with E-state index >= 15 is 0 Å². The van der Waals surface area contributed by atoms with Crippen LogP contribution in [-0.2, 0) is 26.2 Å².